The number of aliphatic hydroxyl groups is 1. The summed E-state index contributed by atoms with van der Waals surface area (Å²) in [7, 11) is 3.10. The van der Waals surface area contributed by atoms with Crippen LogP contribution in [0, 0.1) is 0 Å². The maximum absolute atomic E-state index is 13.5. The maximum Gasteiger partial charge on any atom is 0.296 e. The number of carbonyl (C=O) groups is 2. The summed E-state index contributed by atoms with van der Waals surface area (Å²) in [6, 6.07) is 13.1. The van der Waals surface area contributed by atoms with Crippen LogP contribution >= 0.6 is 22.7 Å². The summed E-state index contributed by atoms with van der Waals surface area (Å²) in [5.74, 6) is -0.0650. The third-order valence-corrected chi connectivity index (χ3v) is 7.68. The predicted octanol–water partition coefficient (Wildman–Crippen LogP) is 5.56. The molecule has 0 radical (unpaired) electrons. The lowest BCUT2D eigenvalue weighted by Gasteiger charge is -2.25. The van der Waals surface area contributed by atoms with Crippen molar-refractivity contribution in [1.82, 2.24) is 4.98 Å². The number of benzene rings is 2. The first-order chi connectivity index (χ1) is 17.5. The minimum atomic E-state index is -0.917. The number of aromatic nitrogens is 1. The highest BCUT2D eigenvalue weighted by Crippen LogP contribution is 2.46. The predicted molar refractivity (Wildman–Crippen MR) is 139 cm³/mol. The molecule has 0 saturated heterocycles. The molecule has 1 aliphatic rings. The van der Waals surface area contributed by atoms with Gasteiger partial charge in [-0.3, -0.25) is 14.5 Å². The Morgan fingerprint density at radius 1 is 1.11 bits per heavy atom. The van der Waals surface area contributed by atoms with Crippen molar-refractivity contribution >= 4 is 49.7 Å². The molecule has 184 valence electrons. The maximum atomic E-state index is 13.5. The molecule has 8 nitrogen and oxygen atoms in total. The van der Waals surface area contributed by atoms with Gasteiger partial charge in [-0.1, -0.05) is 23.5 Å². The standard InChI is InChI=1S/C26H22N2O6S2/c1-4-34-17-10-7-14(12-18(17)33-3)22-21(23(29)19-6-5-11-35-19)24(30)25(31)28(22)26-27-16-9-8-15(32-2)13-20(16)36-26/h5-13,22,30H,4H2,1-3H3. The van der Waals surface area contributed by atoms with Gasteiger partial charge in [0.25, 0.3) is 5.91 Å². The zero-order valence-electron chi connectivity index (χ0n) is 19.7. The minimum Gasteiger partial charge on any atom is -0.503 e. The number of carbonyl (C=O) groups excluding carboxylic acids is 2. The van der Waals surface area contributed by atoms with Gasteiger partial charge in [0.1, 0.15) is 5.75 Å². The molecule has 2 aromatic carbocycles. The van der Waals surface area contributed by atoms with E-state index in [-0.39, 0.29) is 5.57 Å². The highest BCUT2D eigenvalue weighted by Gasteiger charge is 2.46. The van der Waals surface area contributed by atoms with Gasteiger partial charge in [-0.2, -0.15) is 0 Å². The van der Waals surface area contributed by atoms with Gasteiger partial charge in [0.2, 0.25) is 5.78 Å². The molecule has 0 saturated carbocycles. The van der Waals surface area contributed by atoms with Gasteiger partial charge < -0.3 is 19.3 Å². The van der Waals surface area contributed by atoms with E-state index in [1.165, 1.54) is 34.7 Å². The average molecular weight is 523 g/mol. The molecule has 5 rings (SSSR count). The molecule has 0 fully saturated rings. The van der Waals surface area contributed by atoms with Crippen LogP contribution in [0.1, 0.15) is 28.2 Å². The molecule has 1 amide bonds. The van der Waals surface area contributed by atoms with Crippen LogP contribution in [0.15, 0.2) is 65.2 Å². The number of methoxy groups -OCH3 is 2. The molecule has 1 N–H and O–H groups in total. The summed E-state index contributed by atoms with van der Waals surface area (Å²) in [6.45, 7) is 2.31. The largest absolute Gasteiger partial charge is 0.503 e. The van der Waals surface area contributed by atoms with E-state index in [2.05, 4.69) is 4.98 Å². The van der Waals surface area contributed by atoms with Crippen LogP contribution < -0.4 is 19.1 Å². The number of hydrogen-bond donors (Lipinski definition) is 1. The summed E-state index contributed by atoms with van der Waals surface area (Å²) in [5.41, 5.74) is 1.24. The molecule has 1 atom stereocenters. The Morgan fingerprint density at radius 3 is 2.64 bits per heavy atom. The topological polar surface area (TPSA) is 98.2 Å². The Labute approximate surface area is 215 Å². The van der Waals surface area contributed by atoms with Gasteiger partial charge >= 0.3 is 0 Å². The van der Waals surface area contributed by atoms with Gasteiger partial charge in [-0.25, -0.2) is 4.98 Å². The molecule has 0 bridgehead atoms. The second-order valence-electron chi connectivity index (χ2n) is 7.82. The Morgan fingerprint density at radius 2 is 1.94 bits per heavy atom. The fourth-order valence-electron chi connectivity index (χ4n) is 4.14. The third kappa shape index (κ3) is 3.98. The molecular formula is C26H22N2O6S2. The van der Waals surface area contributed by atoms with Gasteiger partial charge in [0, 0.05) is 0 Å². The SMILES string of the molecule is CCOc1ccc(C2C(C(=O)c3cccs3)=C(O)C(=O)N2c2nc3ccc(OC)cc3s2)cc1OC. The molecular weight excluding hydrogens is 500 g/mol. The van der Waals surface area contributed by atoms with Crippen LogP contribution in [-0.4, -0.2) is 42.6 Å². The van der Waals surface area contributed by atoms with E-state index in [1.54, 1.807) is 55.0 Å². The monoisotopic (exact) mass is 522 g/mol. The van der Waals surface area contributed by atoms with Gasteiger partial charge in [0.05, 0.1) is 47.5 Å². The Hall–Kier alpha value is -3.89. The second-order valence-corrected chi connectivity index (χ2v) is 9.78. The van der Waals surface area contributed by atoms with Gasteiger partial charge in [-0.05, 0) is 54.3 Å². The Bertz CT molecular complexity index is 1490. The van der Waals surface area contributed by atoms with Crippen molar-refractivity contribution in [2.24, 2.45) is 0 Å². The van der Waals surface area contributed by atoms with E-state index in [9.17, 15) is 14.7 Å². The number of fused-ring (bicyclic) bond motifs is 1. The fourth-order valence-corrected chi connectivity index (χ4v) is 5.84. The molecule has 0 aliphatic carbocycles. The molecule has 36 heavy (non-hydrogen) atoms. The van der Waals surface area contributed by atoms with Crippen molar-refractivity contribution in [3.05, 3.63) is 75.7 Å². The molecule has 1 unspecified atom stereocenters. The quantitative estimate of drug-likeness (QED) is 0.303. The number of amides is 1. The smallest absolute Gasteiger partial charge is 0.296 e. The molecule has 4 aromatic rings. The number of Topliss-reactive ketones (excluding diaryl/α,β-unsaturated/α-hetero) is 1. The normalized spacial score (nSPS) is 15.6. The van der Waals surface area contributed by atoms with E-state index < -0.39 is 23.5 Å². The molecule has 10 heteroatoms. The highest BCUT2D eigenvalue weighted by molar-refractivity contribution is 7.22. The minimum absolute atomic E-state index is 0.00880. The first-order valence-corrected chi connectivity index (χ1v) is 12.8. The summed E-state index contributed by atoms with van der Waals surface area (Å²) in [5, 5.41) is 13.1. The van der Waals surface area contributed by atoms with Crippen LogP contribution in [0.5, 0.6) is 17.2 Å². The summed E-state index contributed by atoms with van der Waals surface area (Å²) in [4.78, 5) is 33.4. The molecule has 2 aromatic heterocycles. The van der Waals surface area contributed by atoms with Crippen molar-refractivity contribution in [3.63, 3.8) is 0 Å². The van der Waals surface area contributed by atoms with Crippen molar-refractivity contribution in [3.8, 4) is 17.2 Å². The summed E-state index contributed by atoms with van der Waals surface area (Å²) < 4.78 is 17.3. The van der Waals surface area contributed by atoms with Crippen LogP contribution in [0.2, 0.25) is 0 Å². The van der Waals surface area contributed by atoms with Crippen LogP contribution in [-0.2, 0) is 4.79 Å². The van der Waals surface area contributed by atoms with E-state index in [0.29, 0.717) is 44.9 Å². The third-order valence-electron chi connectivity index (χ3n) is 5.79. The van der Waals surface area contributed by atoms with Crippen molar-refractivity contribution in [2.75, 3.05) is 25.7 Å². The number of thiophene rings is 1. The first-order valence-electron chi connectivity index (χ1n) is 11.1. The van der Waals surface area contributed by atoms with Gasteiger partial charge in [0.15, 0.2) is 22.4 Å². The average Bonchev–Trinajstić information content (AvgIpc) is 3.62. The van der Waals surface area contributed by atoms with Crippen molar-refractivity contribution in [2.45, 2.75) is 13.0 Å². The van der Waals surface area contributed by atoms with Crippen molar-refractivity contribution in [1.29, 1.82) is 0 Å². The summed E-state index contributed by atoms with van der Waals surface area (Å²) >= 11 is 2.52. The number of ketones is 1. The van der Waals surface area contributed by atoms with E-state index >= 15 is 0 Å². The lowest BCUT2D eigenvalue weighted by Crippen LogP contribution is -2.31. The number of nitrogens with zero attached hydrogens (tertiary/aromatic N) is 2. The molecule has 0 spiro atoms. The van der Waals surface area contributed by atoms with E-state index in [1.807, 2.05) is 13.0 Å². The van der Waals surface area contributed by atoms with Crippen LogP contribution in [0.3, 0.4) is 0 Å². The summed E-state index contributed by atoms with van der Waals surface area (Å²) in [6.07, 6.45) is 0. The lowest BCUT2D eigenvalue weighted by atomic mass is 9.95. The Kier molecular flexibility index (Phi) is 6.38. The lowest BCUT2D eigenvalue weighted by molar-refractivity contribution is -0.117. The number of hydrogen-bond acceptors (Lipinski definition) is 9. The Balaban J connectivity index is 1.68. The van der Waals surface area contributed by atoms with Crippen LogP contribution in [0.25, 0.3) is 10.2 Å². The number of thiazole rings is 1. The number of aliphatic hydroxyl groups excluding tert-OH is 1. The number of rotatable bonds is 8. The fraction of sp³-hybridized carbons (Fsp3) is 0.192. The zero-order chi connectivity index (χ0) is 25.4. The zero-order valence-corrected chi connectivity index (χ0v) is 21.3. The van der Waals surface area contributed by atoms with Crippen molar-refractivity contribution < 1.29 is 28.9 Å². The van der Waals surface area contributed by atoms with E-state index in [4.69, 9.17) is 14.2 Å². The van der Waals surface area contributed by atoms with E-state index in [0.717, 1.165) is 4.70 Å². The van der Waals surface area contributed by atoms with Crippen LogP contribution in [0.4, 0.5) is 5.13 Å². The molecule has 1 aliphatic heterocycles. The number of ether oxygens (including phenoxy) is 3. The number of anilines is 1. The first kappa shape index (κ1) is 23.8. The second kappa shape index (κ2) is 9.63. The highest BCUT2D eigenvalue weighted by atomic mass is 32.1. The van der Waals surface area contributed by atoms with Gasteiger partial charge in [-0.15, -0.1) is 11.3 Å². The molecule has 3 heterocycles.